The van der Waals surface area contributed by atoms with E-state index in [9.17, 15) is 4.79 Å². The molecule has 3 rings (SSSR count). The number of carbonyl (C=O) groups is 1. The number of pyridine rings is 1. The number of thiazole rings is 1. The molecule has 1 aliphatic heterocycles. The van der Waals surface area contributed by atoms with Crippen molar-refractivity contribution in [1.29, 1.82) is 0 Å². The Morgan fingerprint density at radius 1 is 1.55 bits per heavy atom. The maximum atomic E-state index is 12.9. The average molecular weight is 319 g/mol. The zero-order valence-electron chi connectivity index (χ0n) is 12.5. The maximum Gasteiger partial charge on any atom is 0.260 e. The molecule has 1 aliphatic rings. The van der Waals surface area contributed by atoms with Crippen molar-refractivity contribution in [2.75, 3.05) is 26.9 Å². The molecule has 0 radical (unpaired) electrons. The molecule has 2 aromatic heterocycles. The lowest BCUT2D eigenvalue weighted by atomic mass is 10.1. The van der Waals surface area contributed by atoms with Crippen LogP contribution in [-0.2, 0) is 4.74 Å². The summed E-state index contributed by atoms with van der Waals surface area (Å²) in [5, 5.41) is 2.96. The number of hydrogen-bond acceptors (Lipinski definition) is 6. The first kappa shape index (κ1) is 14.9. The van der Waals surface area contributed by atoms with Gasteiger partial charge in [-0.3, -0.25) is 4.79 Å². The summed E-state index contributed by atoms with van der Waals surface area (Å²) in [5.74, 6) is 0.233. The Balaban J connectivity index is 1.91. The highest BCUT2D eigenvalue weighted by molar-refractivity contribution is 7.09. The largest absolute Gasteiger partial charge is 0.480 e. The van der Waals surface area contributed by atoms with Gasteiger partial charge in [0.15, 0.2) is 0 Å². The van der Waals surface area contributed by atoms with E-state index in [2.05, 4.69) is 9.97 Å². The molecule has 0 N–H and O–H groups in total. The molecule has 0 bridgehead atoms. The summed E-state index contributed by atoms with van der Waals surface area (Å²) in [7, 11) is 1.51. The first-order chi connectivity index (χ1) is 10.7. The third kappa shape index (κ3) is 2.82. The Labute approximate surface area is 132 Å². The van der Waals surface area contributed by atoms with Gasteiger partial charge in [-0.25, -0.2) is 9.97 Å². The number of aryl methyl sites for hydroxylation is 1. The molecular formula is C15H17N3O3S. The minimum atomic E-state index is -0.170. The normalized spacial score (nSPS) is 18.3. The quantitative estimate of drug-likeness (QED) is 0.866. The van der Waals surface area contributed by atoms with Crippen molar-refractivity contribution in [3.63, 3.8) is 0 Å². The molecule has 7 heteroatoms. The number of ether oxygens (including phenoxy) is 2. The Morgan fingerprint density at radius 3 is 3.14 bits per heavy atom. The second-order valence-corrected chi connectivity index (χ2v) is 6.00. The highest BCUT2D eigenvalue weighted by Gasteiger charge is 2.32. The van der Waals surface area contributed by atoms with E-state index in [1.54, 1.807) is 34.6 Å². The van der Waals surface area contributed by atoms with E-state index in [4.69, 9.17) is 9.47 Å². The SMILES string of the molecule is COc1ncccc1C(=O)N1CCOC[C@H]1c1csc(C)n1. The van der Waals surface area contributed by atoms with Gasteiger partial charge in [0.25, 0.3) is 5.91 Å². The molecule has 1 fully saturated rings. The van der Waals surface area contributed by atoms with Gasteiger partial charge < -0.3 is 14.4 Å². The van der Waals surface area contributed by atoms with Crippen molar-refractivity contribution in [2.24, 2.45) is 0 Å². The van der Waals surface area contributed by atoms with Crippen LogP contribution in [0.5, 0.6) is 5.88 Å². The summed E-state index contributed by atoms with van der Waals surface area (Å²) >= 11 is 1.57. The topological polar surface area (TPSA) is 64.5 Å². The zero-order valence-corrected chi connectivity index (χ0v) is 13.3. The van der Waals surface area contributed by atoms with Gasteiger partial charge >= 0.3 is 0 Å². The number of hydrogen-bond donors (Lipinski definition) is 0. The highest BCUT2D eigenvalue weighted by Crippen LogP contribution is 2.28. The van der Waals surface area contributed by atoms with E-state index in [0.717, 1.165) is 10.7 Å². The van der Waals surface area contributed by atoms with Crippen LogP contribution >= 0.6 is 11.3 Å². The molecule has 0 spiro atoms. The van der Waals surface area contributed by atoms with E-state index in [1.165, 1.54) is 7.11 Å². The van der Waals surface area contributed by atoms with E-state index in [-0.39, 0.29) is 11.9 Å². The highest BCUT2D eigenvalue weighted by atomic mass is 32.1. The van der Waals surface area contributed by atoms with Crippen LogP contribution in [-0.4, -0.2) is 47.6 Å². The molecule has 0 unspecified atom stereocenters. The van der Waals surface area contributed by atoms with Gasteiger partial charge in [0, 0.05) is 18.1 Å². The van der Waals surface area contributed by atoms with Crippen molar-refractivity contribution >= 4 is 17.2 Å². The van der Waals surface area contributed by atoms with Crippen LogP contribution in [0.15, 0.2) is 23.7 Å². The van der Waals surface area contributed by atoms with Crippen LogP contribution < -0.4 is 4.74 Å². The van der Waals surface area contributed by atoms with E-state index in [1.807, 2.05) is 12.3 Å². The van der Waals surface area contributed by atoms with Gasteiger partial charge in [0.2, 0.25) is 5.88 Å². The lowest BCUT2D eigenvalue weighted by Crippen LogP contribution is -2.43. The van der Waals surface area contributed by atoms with Gasteiger partial charge in [0.1, 0.15) is 5.56 Å². The van der Waals surface area contributed by atoms with Gasteiger partial charge in [-0.05, 0) is 19.1 Å². The number of carbonyl (C=O) groups excluding carboxylic acids is 1. The molecule has 3 heterocycles. The summed E-state index contributed by atoms with van der Waals surface area (Å²) < 4.78 is 10.7. The number of aromatic nitrogens is 2. The van der Waals surface area contributed by atoms with E-state index < -0.39 is 0 Å². The van der Waals surface area contributed by atoms with Crippen molar-refractivity contribution in [2.45, 2.75) is 13.0 Å². The summed E-state index contributed by atoms with van der Waals surface area (Å²) in [6.07, 6.45) is 1.61. The fourth-order valence-corrected chi connectivity index (χ4v) is 3.16. The molecular weight excluding hydrogens is 302 g/mol. The fraction of sp³-hybridized carbons (Fsp3) is 0.400. The third-order valence-electron chi connectivity index (χ3n) is 3.56. The van der Waals surface area contributed by atoms with Crippen LogP contribution in [0.25, 0.3) is 0 Å². The molecule has 1 atom stereocenters. The molecule has 1 saturated heterocycles. The lowest BCUT2D eigenvalue weighted by Gasteiger charge is -2.34. The van der Waals surface area contributed by atoms with E-state index >= 15 is 0 Å². The number of morpholine rings is 1. The first-order valence-corrected chi connectivity index (χ1v) is 7.88. The van der Waals surface area contributed by atoms with Gasteiger partial charge in [0.05, 0.1) is 37.1 Å². The second kappa shape index (κ2) is 6.41. The standard InChI is InChI=1S/C15H17N3O3S/c1-10-17-12(9-22-10)13-8-21-7-6-18(13)15(19)11-4-3-5-16-14(11)20-2/h3-5,9,13H,6-8H2,1-2H3/t13-/m0/s1. The fourth-order valence-electron chi connectivity index (χ4n) is 2.50. The predicted molar refractivity (Wildman–Crippen MR) is 82.2 cm³/mol. The minimum absolute atomic E-state index is 0.107. The molecule has 0 aliphatic carbocycles. The summed E-state index contributed by atoms with van der Waals surface area (Å²) in [4.78, 5) is 23.3. The molecule has 116 valence electrons. The van der Waals surface area contributed by atoms with Crippen LogP contribution in [0.3, 0.4) is 0 Å². The molecule has 22 heavy (non-hydrogen) atoms. The molecule has 2 aromatic rings. The van der Waals surface area contributed by atoms with Crippen molar-refractivity contribution in [3.8, 4) is 5.88 Å². The third-order valence-corrected chi connectivity index (χ3v) is 4.35. The van der Waals surface area contributed by atoms with Crippen LogP contribution in [0.4, 0.5) is 0 Å². The van der Waals surface area contributed by atoms with Gasteiger partial charge in [-0.15, -0.1) is 11.3 Å². The lowest BCUT2D eigenvalue weighted by molar-refractivity contribution is -0.00394. The Bertz CT molecular complexity index is 674. The molecule has 0 saturated carbocycles. The number of rotatable bonds is 3. The number of nitrogens with zero attached hydrogens (tertiary/aromatic N) is 3. The molecule has 6 nitrogen and oxygen atoms in total. The maximum absolute atomic E-state index is 12.9. The number of amides is 1. The summed E-state index contributed by atoms with van der Waals surface area (Å²) in [6, 6.07) is 3.29. The van der Waals surface area contributed by atoms with Gasteiger partial charge in [-0.1, -0.05) is 0 Å². The Kier molecular flexibility index (Phi) is 4.35. The smallest absolute Gasteiger partial charge is 0.260 e. The zero-order chi connectivity index (χ0) is 15.5. The summed E-state index contributed by atoms with van der Waals surface area (Å²) in [6.45, 7) is 3.46. The van der Waals surface area contributed by atoms with E-state index in [0.29, 0.717) is 31.2 Å². The minimum Gasteiger partial charge on any atom is -0.480 e. The predicted octanol–water partition coefficient (Wildman–Crippen LogP) is 2.07. The van der Waals surface area contributed by atoms with Crippen molar-refractivity contribution in [1.82, 2.24) is 14.9 Å². The molecule has 0 aromatic carbocycles. The van der Waals surface area contributed by atoms with Gasteiger partial charge in [-0.2, -0.15) is 0 Å². The van der Waals surface area contributed by atoms with Crippen LogP contribution in [0.2, 0.25) is 0 Å². The monoisotopic (exact) mass is 319 g/mol. The summed E-state index contributed by atoms with van der Waals surface area (Å²) in [5.41, 5.74) is 1.34. The number of methoxy groups -OCH3 is 1. The average Bonchev–Trinajstić information content (AvgIpc) is 3.00. The van der Waals surface area contributed by atoms with Crippen LogP contribution in [0.1, 0.15) is 27.1 Å². The molecule has 1 amide bonds. The van der Waals surface area contributed by atoms with Crippen molar-refractivity contribution in [3.05, 3.63) is 40.0 Å². The first-order valence-electron chi connectivity index (χ1n) is 7.00. The Morgan fingerprint density at radius 2 is 2.41 bits per heavy atom. The Hall–Kier alpha value is -1.99. The van der Waals surface area contributed by atoms with Crippen molar-refractivity contribution < 1.29 is 14.3 Å². The van der Waals surface area contributed by atoms with Crippen LogP contribution in [0, 0.1) is 6.92 Å². The second-order valence-electron chi connectivity index (χ2n) is 4.94.